The summed E-state index contributed by atoms with van der Waals surface area (Å²) in [6.07, 6.45) is 5.22. The van der Waals surface area contributed by atoms with Gasteiger partial charge in [0.05, 0.1) is 11.5 Å². The number of carbonyl (C=O) groups is 1. The van der Waals surface area contributed by atoms with Crippen molar-refractivity contribution in [3.63, 3.8) is 0 Å². The number of furan rings is 1. The number of benzene rings is 1. The zero-order valence-electron chi connectivity index (χ0n) is 13.8. The Morgan fingerprint density at radius 3 is 2.81 bits per heavy atom. The van der Waals surface area contributed by atoms with Crippen LogP contribution in [0.3, 0.4) is 0 Å². The van der Waals surface area contributed by atoms with Gasteiger partial charge in [0.15, 0.2) is 0 Å². The second-order valence-electron chi connectivity index (χ2n) is 5.74. The number of thioether (sulfide) groups is 1. The lowest BCUT2D eigenvalue weighted by molar-refractivity contribution is -0.115. The van der Waals surface area contributed by atoms with Crippen LogP contribution in [0.4, 0.5) is 0 Å². The maximum absolute atomic E-state index is 11.8. The highest BCUT2D eigenvalue weighted by Crippen LogP contribution is 2.33. The van der Waals surface area contributed by atoms with E-state index in [2.05, 4.69) is 10.3 Å². The molecule has 0 radical (unpaired) electrons. The second-order valence-corrected chi connectivity index (χ2v) is 7.46. The fraction of sp³-hybridized carbons (Fsp3) is 0.105. The zero-order chi connectivity index (χ0) is 18.1. The molecule has 2 aromatic heterocycles. The first-order valence-corrected chi connectivity index (χ1v) is 9.07. The molecule has 1 saturated heterocycles. The van der Waals surface area contributed by atoms with E-state index in [0.29, 0.717) is 21.6 Å². The molecule has 26 heavy (non-hydrogen) atoms. The number of aromatic nitrogens is 1. The molecule has 7 heteroatoms. The quantitative estimate of drug-likeness (QED) is 0.541. The van der Waals surface area contributed by atoms with Gasteiger partial charge in [-0.3, -0.25) is 9.78 Å². The van der Waals surface area contributed by atoms with Gasteiger partial charge < -0.3 is 14.5 Å². The average molecular weight is 382 g/mol. The van der Waals surface area contributed by atoms with E-state index in [-0.39, 0.29) is 5.91 Å². The van der Waals surface area contributed by atoms with E-state index in [0.717, 1.165) is 27.7 Å². The van der Waals surface area contributed by atoms with E-state index < -0.39 is 0 Å². The lowest BCUT2D eigenvalue weighted by atomic mass is 10.0. The third-order valence-corrected chi connectivity index (χ3v) is 5.10. The van der Waals surface area contributed by atoms with Gasteiger partial charge in [0.1, 0.15) is 15.7 Å². The van der Waals surface area contributed by atoms with Crippen molar-refractivity contribution in [2.24, 2.45) is 0 Å². The number of rotatable bonds is 4. The van der Waals surface area contributed by atoms with Crippen LogP contribution < -0.4 is 5.32 Å². The number of hydrogen-bond acceptors (Lipinski definition) is 6. The van der Waals surface area contributed by atoms with Crippen LogP contribution in [0.2, 0.25) is 0 Å². The molecular weight excluding hydrogens is 368 g/mol. The minimum Gasteiger partial charge on any atom is -0.456 e. The Hall–Kier alpha value is -2.48. The highest BCUT2D eigenvalue weighted by atomic mass is 32.2. The topological polar surface area (TPSA) is 64.4 Å². The van der Waals surface area contributed by atoms with Gasteiger partial charge in [0.2, 0.25) is 0 Å². The van der Waals surface area contributed by atoms with Crippen molar-refractivity contribution in [1.82, 2.24) is 10.3 Å². The summed E-state index contributed by atoms with van der Waals surface area (Å²) in [6, 6.07) is 9.94. The number of pyridine rings is 1. The third-order valence-electron chi connectivity index (χ3n) is 3.93. The number of thiocarbonyl (C=S) groups is 1. The first-order chi connectivity index (χ1) is 12.6. The van der Waals surface area contributed by atoms with E-state index >= 15 is 0 Å². The van der Waals surface area contributed by atoms with Gasteiger partial charge in [0, 0.05) is 36.5 Å². The van der Waals surface area contributed by atoms with Crippen LogP contribution in [-0.4, -0.2) is 22.3 Å². The molecule has 1 aliphatic heterocycles. The monoisotopic (exact) mass is 382 g/mol. The number of amides is 1. The number of nitrogens with zero attached hydrogens (tertiary/aromatic N) is 1. The molecule has 0 bridgehead atoms. The fourth-order valence-corrected chi connectivity index (χ4v) is 3.78. The Labute approximate surface area is 159 Å². The average Bonchev–Trinajstić information content (AvgIpc) is 3.18. The van der Waals surface area contributed by atoms with E-state index in [1.165, 1.54) is 11.8 Å². The first-order valence-electron chi connectivity index (χ1n) is 7.85. The Bertz CT molecular complexity index is 1040. The third kappa shape index (κ3) is 3.29. The second kappa shape index (κ2) is 7.03. The molecule has 3 aromatic rings. The van der Waals surface area contributed by atoms with Gasteiger partial charge in [-0.05, 0) is 17.2 Å². The first kappa shape index (κ1) is 17.0. The summed E-state index contributed by atoms with van der Waals surface area (Å²) in [6.45, 7) is 0.572. The molecule has 130 valence electrons. The van der Waals surface area contributed by atoms with Crippen molar-refractivity contribution < 1.29 is 13.9 Å². The highest BCUT2D eigenvalue weighted by Gasteiger charge is 2.22. The molecular formula is C19H14N2O3S2. The summed E-state index contributed by atoms with van der Waals surface area (Å²) in [5.74, 6) is 0.389. The Kier molecular flexibility index (Phi) is 4.58. The lowest BCUT2D eigenvalue weighted by Gasteiger charge is -2.04. The number of nitrogens with one attached hydrogen (secondary N) is 1. The maximum Gasteiger partial charge on any atom is 0.263 e. The Balaban J connectivity index is 1.73. The largest absolute Gasteiger partial charge is 0.456 e. The molecule has 0 unspecified atom stereocenters. The molecule has 3 heterocycles. The Morgan fingerprint density at radius 2 is 2.12 bits per heavy atom. The minimum atomic E-state index is -0.201. The summed E-state index contributed by atoms with van der Waals surface area (Å²) < 4.78 is 11.6. The van der Waals surface area contributed by atoms with Crippen LogP contribution in [0.5, 0.6) is 0 Å². The van der Waals surface area contributed by atoms with Gasteiger partial charge in [-0.25, -0.2) is 0 Å². The number of methoxy groups -OCH3 is 1. The van der Waals surface area contributed by atoms with Crippen LogP contribution >= 0.6 is 24.0 Å². The molecule has 1 aromatic carbocycles. The number of fused-ring (bicyclic) bond motifs is 1. The van der Waals surface area contributed by atoms with Gasteiger partial charge in [0.25, 0.3) is 5.91 Å². The predicted octanol–water partition coefficient (Wildman–Crippen LogP) is 4.13. The molecule has 0 aliphatic carbocycles. The number of ether oxygens (including phenoxy) is 1. The van der Waals surface area contributed by atoms with Crippen molar-refractivity contribution in [1.29, 1.82) is 0 Å². The number of hydrogen-bond donors (Lipinski definition) is 1. The van der Waals surface area contributed by atoms with Crippen molar-refractivity contribution in [2.75, 3.05) is 7.11 Å². The lowest BCUT2D eigenvalue weighted by Crippen LogP contribution is -2.17. The van der Waals surface area contributed by atoms with E-state index in [1.54, 1.807) is 25.6 Å². The van der Waals surface area contributed by atoms with Crippen molar-refractivity contribution in [3.05, 3.63) is 59.0 Å². The molecule has 0 atom stereocenters. The van der Waals surface area contributed by atoms with Crippen LogP contribution in [-0.2, 0) is 16.1 Å². The van der Waals surface area contributed by atoms with Crippen molar-refractivity contribution >= 4 is 51.3 Å². The highest BCUT2D eigenvalue weighted by molar-refractivity contribution is 8.26. The fourth-order valence-electron chi connectivity index (χ4n) is 2.76. The van der Waals surface area contributed by atoms with Crippen molar-refractivity contribution in [2.45, 2.75) is 6.61 Å². The molecule has 5 nitrogen and oxygen atoms in total. The SMILES string of the molecule is COCc1ccc(-c2cncc3cc(/C=C4\SC(=S)NC4=O)oc23)cc1. The summed E-state index contributed by atoms with van der Waals surface area (Å²) in [5, 5.41) is 3.47. The molecule has 4 rings (SSSR count). The van der Waals surface area contributed by atoms with Crippen LogP contribution in [0.1, 0.15) is 11.3 Å². The minimum absolute atomic E-state index is 0.201. The molecule has 1 aliphatic rings. The summed E-state index contributed by atoms with van der Waals surface area (Å²) in [4.78, 5) is 16.7. The molecule has 1 fully saturated rings. The maximum atomic E-state index is 11.8. The van der Waals surface area contributed by atoms with Gasteiger partial charge in [-0.15, -0.1) is 0 Å². The van der Waals surface area contributed by atoms with Gasteiger partial charge in [-0.2, -0.15) is 0 Å². The van der Waals surface area contributed by atoms with E-state index in [4.69, 9.17) is 21.4 Å². The summed E-state index contributed by atoms with van der Waals surface area (Å²) >= 11 is 6.24. The standard InChI is InChI=1S/C19H14N2O3S2/c1-23-10-11-2-4-12(5-3-11)15-9-20-8-13-6-14(24-17(13)15)7-16-18(22)21-19(25)26-16/h2-9H,10H2,1H3,(H,21,22,25)/b16-7-. The summed E-state index contributed by atoms with van der Waals surface area (Å²) in [7, 11) is 1.67. The summed E-state index contributed by atoms with van der Waals surface area (Å²) in [5.41, 5.74) is 3.74. The van der Waals surface area contributed by atoms with Crippen LogP contribution in [0, 0.1) is 0 Å². The predicted molar refractivity (Wildman–Crippen MR) is 106 cm³/mol. The normalized spacial score (nSPS) is 15.8. The van der Waals surface area contributed by atoms with Crippen molar-refractivity contribution in [3.8, 4) is 11.1 Å². The van der Waals surface area contributed by atoms with Crippen LogP contribution in [0.15, 0.2) is 52.0 Å². The van der Waals surface area contributed by atoms with E-state index in [1.807, 2.05) is 30.3 Å². The van der Waals surface area contributed by atoms with Crippen LogP contribution in [0.25, 0.3) is 28.2 Å². The van der Waals surface area contributed by atoms with Gasteiger partial charge >= 0.3 is 0 Å². The van der Waals surface area contributed by atoms with Gasteiger partial charge in [-0.1, -0.05) is 48.2 Å². The molecule has 1 N–H and O–H groups in total. The Morgan fingerprint density at radius 1 is 1.31 bits per heavy atom. The number of carbonyl (C=O) groups excluding carboxylic acids is 1. The smallest absolute Gasteiger partial charge is 0.263 e. The molecule has 0 saturated carbocycles. The molecule has 1 amide bonds. The van der Waals surface area contributed by atoms with E-state index in [9.17, 15) is 4.79 Å². The molecule has 0 spiro atoms. The zero-order valence-corrected chi connectivity index (χ0v) is 15.4.